The van der Waals surface area contributed by atoms with E-state index in [0.717, 1.165) is 36.1 Å². The monoisotopic (exact) mass is 624 g/mol. The predicted octanol–water partition coefficient (Wildman–Crippen LogP) is 2.89. The van der Waals surface area contributed by atoms with Crippen molar-refractivity contribution in [3.63, 3.8) is 0 Å². The number of carbonyl (C=O) groups excluding carboxylic acids is 4. The molecule has 1 aliphatic heterocycles. The molecule has 0 aliphatic carbocycles. The van der Waals surface area contributed by atoms with E-state index < -0.39 is 36.0 Å². The van der Waals surface area contributed by atoms with Crippen LogP contribution in [0.5, 0.6) is 5.75 Å². The van der Waals surface area contributed by atoms with Crippen LogP contribution in [-0.2, 0) is 41.6 Å². The Hall–Kier alpha value is -3.96. The second-order valence-corrected chi connectivity index (χ2v) is 11.3. The Kier molecular flexibility index (Phi) is 15.3. The predicted molar refractivity (Wildman–Crippen MR) is 170 cm³/mol. The number of nitrogens with zero attached hydrogens (tertiary/aromatic N) is 1. The van der Waals surface area contributed by atoms with Gasteiger partial charge in [-0.3, -0.25) is 14.4 Å². The van der Waals surface area contributed by atoms with Crippen molar-refractivity contribution in [2.45, 2.75) is 82.5 Å². The van der Waals surface area contributed by atoms with Crippen molar-refractivity contribution in [2.24, 2.45) is 5.73 Å². The second kappa shape index (κ2) is 19.4. The fraction of sp³-hybridized carbons (Fsp3) is 0.529. The maximum atomic E-state index is 13.6. The lowest BCUT2D eigenvalue weighted by Crippen LogP contribution is -2.50. The lowest BCUT2D eigenvalue weighted by molar-refractivity contribution is -0.154. The summed E-state index contributed by atoms with van der Waals surface area (Å²) < 4.78 is 16.0. The number of esters is 2. The SMILES string of the molecule is COC(=O)CCCC(=O)N[C@H](CCC(=O)N1CCCCC1)C(=O)O[C@H](CNCc1cccc(OC)c1)[C@@H](N)Cc1ccccc1. The maximum absolute atomic E-state index is 13.6. The lowest BCUT2D eigenvalue weighted by Gasteiger charge is -2.29. The number of carbonyl (C=O) groups is 4. The van der Waals surface area contributed by atoms with Crippen LogP contribution in [0.2, 0.25) is 0 Å². The van der Waals surface area contributed by atoms with Gasteiger partial charge in [0.15, 0.2) is 0 Å². The Morgan fingerprint density at radius 3 is 2.36 bits per heavy atom. The van der Waals surface area contributed by atoms with Crippen molar-refractivity contribution in [3.8, 4) is 5.75 Å². The molecule has 0 bridgehead atoms. The van der Waals surface area contributed by atoms with Crippen LogP contribution in [0.25, 0.3) is 0 Å². The molecule has 0 radical (unpaired) electrons. The average Bonchev–Trinajstić information content (AvgIpc) is 3.06. The fourth-order valence-electron chi connectivity index (χ4n) is 5.25. The Bertz CT molecular complexity index is 1220. The largest absolute Gasteiger partial charge is 0.497 e. The van der Waals surface area contributed by atoms with E-state index in [0.29, 0.717) is 26.1 Å². The molecule has 1 saturated heterocycles. The van der Waals surface area contributed by atoms with Crippen molar-refractivity contribution in [1.82, 2.24) is 15.5 Å². The van der Waals surface area contributed by atoms with Gasteiger partial charge >= 0.3 is 11.9 Å². The van der Waals surface area contributed by atoms with Gasteiger partial charge in [0.1, 0.15) is 17.9 Å². The Labute approximate surface area is 266 Å². The first kappa shape index (κ1) is 35.5. The second-order valence-electron chi connectivity index (χ2n) is 11.3. The number of benzene rings is 2. The molecule has 2 amide bonds. The first-order chi connectivity index (χ1) is 21.8. The normalized spacial score (nSPS) is 15.0. The van der Waals surface area contributed by atoms with Gasteiger partial charge in [0.05, 0.1) is 14.2 Å². The maximum Gasteiger partial charge on any atom is 0.329 e. The van der Waals surface area contributed by atoms with Gasteiger partial charge in [-0.15, -0.1) is 0 Å². The van der Waals surface area contributed by atoms with Crippen molar-refractivity contribution in [1.29, 1.82) is 0 Å². The van der Waals surface area contributed by atoms with Crippen LogP contribution < -0.4 is 21.1 Å². The number of piperidine rings is 1. The van der Waals surface area contributed by atoms with Gasteiger partial charge in [-0.1, -0.05) is 42.5 Å². The van der Waals surface area contributed by atoms with Crippen LogP contribution >= 0.6 is 0 Å². The van der Waals surface area contributed by atoms with E-state index in [2.05, 4.69) is 15.4 Å². The Morgan fingerprint density at radius 1 is 0.911 bits per heavy atom. The summed E-state index contributed by atoms with van der Waals surface area (Å²) in [5, 5.41) is 6.08. The summed E-state index contributed by atoms with van der Waals surface area (Å²) in [4.78, 5) is 52.7. The minimum absolute atomic E-state index is 0.0258. The molecule has 1 fully saturated rings. The minimum atomic E-state index is -1.05. The van der Waals surface area contributed by atoms with Crippen LogP contribution in [0.3, 0.4) is 0 Å². The number of methoxy groups -OCH3 is 2. The number of nitrogens with two attached hydrogens (primary N) is 1. The van der Waals surface area contributed by atoms with Crippen LogP contribution in [-0.4, -0.2) is 80.7 Å². The molecule has 2 aromatic rings. The molecular weight excluding hydrogens is 576 g/mol. The third-order valence-electron chi connectivity index (χ3n) is 7.86. The first-order valence-corrected chi connectivity index (χ1v) is 15.8. The first-order valence-electron chi connectivity index (χ1n) is 15.8. The van der Waals surface area contributed by atoms with E-state index in [9.17, 15) is 19.2 Å². The van der Waals surface area contributed by atoms with Crippen LogP contribution in [0, 0.1) is 0 Å². The number of ether oxygens (including phenoxy) is 3. The summed E-state index contributed by atoms with van der Waals surface area (Å²) in [6.45, 7) is 2.16. The molecule has 1 aliphatic rings. The number of rotatable bonds is 18. The van der Waals surface area contributed by atoms with E-state index in [1.165, 1.54) is 7.11 Å². The molecule has 2 aromatic carbocycles. The molecule has 11 heteroatoms. The van der Waals surface area contributed by atoms with Crippen LogP contribution in [0.1, 0.15) is 62.5 Å². The molecule has 246 valence electrons. The smallest absolute Gasteiger partial charge is 0.329 e. The number of amides is 2. The summed E-state index contributed by atoms with van der Waals surface area (Å²) in [6.07, 6.45) is 3.32. The van der Waals surface area contributed by atoms with Gasteiger partial charge in [-0.25, -0.2) is 4.79 Å². The molecule has 0 unspecified atom stereocenters. The van der Waals surface area contributed by atoms with Gasteiger partial charge in [0.2, 0.25) is 11.8 Å². The highest BCUT2D eigenvalue weighted by atomic mass is 16.5. The topological polar surface area (TPSA) is 149 Å². The van der Waals surface area contributed by atoms with Gasteiger partial charge in [0.25, 0.3) is 0 Å². The van der Waals surface area contributed by atoms with E-state index >= 15 is 0 Å². The summed E-state index contributed by atoms with van der Waals surface area (Å²) in [6, 6.07) is 15.8. The molecule has 11 nitrogen and oxygen atoms in total. The molecule has 1 heterocycles. The molecule has 45 heavy (non-hydrogen) atoms. The van der Waals surface area contributed by atoms with Crippen molar-refractivity contribution in [3.05, 3.63) is 65.7 Å². The number of likely N-dealkylation sites (tertiary alicyclic amines) is 1. The fourth-order valence-corrected chi connectivity index (χ4v) is 5.25. The highest BCUT2D eigenvalue weighted by Gasteiger charge is 2.30. The van der Waals surface area contributed by atoms with Gasteiger partial charge in [-0.05, 0) is 61.8 Å². The summed E-state index contributed by atoms with van der Waals surface area (Å²) in [7, 11) is 2.90. The highest BCUT2D eigenvalue weighted by Crippen LogP contribution is 2.15. The molecule has 0 spiro atoms. The third-order valence-corrected chi connectivity index (χ3v) is 7.86. The zero-order valence-corrected chi connectivity index (χ0v) is 26.5. The van der Waals surface area contributed by atoms with Crippen molar-refractivity contribution >= 4 is 23.8 Å². The van der Waals surface area contributed by atoms with E-state index in [-0.39, 0.29) is 44.6 Å². The quantitative estimate of drug-likeness (QED) is 0.213. The zero-order chi connectivity index (χ0) is 32.4. The average molecular weight is 625 g/mol. The van der Waals surface area contributed by atoms with Crippen LogP contribution in [0.4, 0.5) is 0 Å². The Balaban J connectivity index is 1.70. The zero-order valence-electron chi connectivity index (χ0n) is 26.5. The molecule has 4 N–H and O–H groups in total. The molecule has 3 rings (SSSR count). The van der Waals surface area contributed by atoms with Gasteiger partial charge in [0, 0.05) is 51.5 Å². The summed E-state index contributed by atoms with van der Waals surface area (Å²) in [5.74, 6) is -0.790. The van der Waals surface area contributed by atoms with E-state index in [1.807, 2.05) is 59.5 Å². The van der Waals surface area contributed by atoms with E-state index in [1.54, 1.807) is 7.11 Å². The number of hydrogen-bond donors (Lipinski definition) is 3. The van der Waals surface area contributed by atoms with Gasteiger partial charge in [-0.2, -0.15) is 0 Å². The lowest BCUT2D eigenvalue weighted by atomic mass is 10.0. The minimum Gasteiger partial charge on any atom is -0.497 e. The molecular formula is C34H48N4O7. The summed E-state index contributed by atoms with van der Waals surface area (Å²) >= 11 is 0. The highest BCUT2D eigenvalue weighted by molar-refractivity contribution is 5.85. The Morgan fingerprint density at radius 2 is 1.64 bits per heavy atom. The van der Waals surface area contributed by atoms with Crippen molar-refractivity contribution in [2.75, 3.05) is 33.9 Å². The molecule has 3 atom stereocenters. The number of nitrogens with one attached hydrogen (secondary N) is 2. The van der Waals surface area contributed by atoms with E-state index in [4.69, 9.17) is 15.2 Å². The molecule has 0 saturated carbocycles. The van der Waals surface area contributed by atoms with Gasteiger partial charge < -0.3 is 35.5 Å². The van der Waals surface area contributed by atoms with Crippen molar-refractivity contribution < 1.29 is 33.4 Å². The van der Waals surface area contributed by atoms with Crippen LogP contribution in [0.15, 0.2) is 54.6 Å². The number of hydrogen-bond acceptors (Lipinski definition) is 9. The molecule has 0 aromatic heterocycles. The third kappa shape index (κ3) is 12.9. The summed E-state index contributed by atoms with van der Waals surface area (Å²) in [5.41, 5.74) is 8.61. The standard InChI is InChI=1S/C34H48N4O7/c1-43-27-14-9-13-26(21-27)23-36-24-30(28(35)22-25-11-5-3-6-12-25)45-34(42)29(37-31(39)15-10-16-33(41)44-2)17-18-32(40)38-19-7-4-8-20-38/h3,5-6,9,11-14,21,28-30,36H,4,7-8,10,15-20,22-24,35H2,1-2H3,(H,37,39)/t28-,29+,30+/m0/s1.